The summed E-state index contributed by atoms with van der Waals surface area (Å²) in [5.74, 6) is 1.38. The van der Waals surface area contributed by atoms with Gasteiger partial charge < -0.3 is 14.6 Å². The Hall–Kier alpha value is -1.10. The van der Waals surface area contributed by atoms with Gasteiger partial charge in [-0.05, 0) is 44.9 Å². The first-order valence-electron chi connectivity index (χ1n) is 7.46. The van der Waals surface area contributed by atoms with E-state index in [0.717, 1.165) is 18.7 Å². The maximum Gasteiger partial charge on any atom is 0.321 e. The highest BCUT2D eigenvalue weighted by atomic mass is 16.5. The third-order valence-electron chi connectivity index (χ3n) is 4.11. The lowest BCUT2D eigenvalue weighted by Gasteiger charge is -2.37. The highest BCUT2D eigenvalue weighted by Crippen LogP contribution is 2.42. The molecule has 1 heterocycles. The molecule has 5 nitrogen and oxygen atoms in total. The van der Waals surface area contributed by atoms with Crippen molar-refractivity contribution in [1.82, 2.24) is 10.1 Å². The first-order valence-corrected chi connectivity index (χ1v) is 7.46. The third-order valence-corrected chi connectivity index (χ3v) is 4.11. The summed E-state index contributed by atoms with van der Waals surface area (Å²) in [6, 6.07) is 1.08. The molecule has 5 heteroatoms. The number of hydrogen-bond acceptors (Lipinski definition) is 5. The number of anilines is 1. The van der Waals surface area contributed by atoms with E-state index in [1.54, 1.807) is 0 Å². The van der Waals surface area contributed by atoms with E-state index in [0.29, 0.717) is 24.6 Å². The number of hydrogen-bond donors (Lipinski definition) is 1. The molecule has 0 amide bonds. The molecule has 0 saturated heterocycles. The lowest BCUT2D eigenvalue weighted by Crippen LogP contribution is -2.36. The van der Waals surface area contributed by atoms with Gasteiger partial charge in [0.2, 0.25) is 5.82 Å². The average Bonchev–Trinajstić information content (AvgIpc) is 3.05. The molecular weight excluding hydrogens is 242 g/mol. The van der Waals surface area contributed by atoms with Crippen LogP contribution in [0.4, 0.5) is 6.01 Å². The van der Waals surface area contributed by atoms with Crippen LogP contribution in [0.3, 0.4) is 0 Å². The van der Waals surface area contributed by atoms with Gasteiger partial charge in [-0.25, -0.2) is 0 Å². The first kappa shape index (κ1) is 12.9. The van der Waals surface area contributed by atoms with Crippen LogP contribution in [0.2, 0.25) is 0 Å². The first-order chi connectivity index (χ1) is 9.22. The summed E-state index contributed by atoms with van der Waals surface area (Å²) in [5.41, 5.74) is -0.334. The van der Waals surface area contributed by atoms with Crippen molar-refractivity contribution in [1.29, 1.82) is 0 Å². The molecule has 0 aromatic carbocycles. The molecule has 2 saturated carbocycles. The summed E-state index contributed by atoms with van der Waals surface area (Å²) >= 11 is 0. The Balaban J connectivity index is 1.79. The van der Waals surface area contributed by atoms with Crippen LogP contribution in [0.15, 0.2) is 4.52 Å². The average molecular weight is 265 g/mol. The van der Waals surface area contributed by atoms with E-state index in [4.69, 9.17) is 9.26 Å². The van der Waals surface area contributed by atoms with E-state index in [1.807, 2.05) is 6.92 Å². The van der Waals surface area contributed by atoms with Crippen molar-refractivity contribution in [2.75, 3.05) is 11.9 Å². The SMILES string of the molecule is CCOC1(c2noc(NC3CC3)n2)CCCC(C)C1. The molecule has 2 fully saturated rings. The second-order valence-electron chi connectivity index (χ2n) is 5.97. The molecule has 1 aromatic heterocycles. The quantitative estimate of drug-likeness (QED) is 0.886. The summed E-state index contributed by atoms with van der Waals surface area (Å²) < 4.78 is 11.4. The molecule has 0 spiro atoms. The van der Waals surface area contributed by atoms with Gasteiger partial charge in [-0.15, -0.1) is 0 Å². The minimum absolute atomic E-state index is 0.334. The minimum atomic E-state index is -0.334. The Bertz CT molecular complexity index is 426. The number of nitrogens with zero attached hydrogens (tertiary/aromatic N) is 2. The van der Waals surface area contributed by atoms with Crippen LogP contribution in [0.1, 0.15) is 58.2 Å². The van der Waals surface area contributed by atoms with E-state index in [9.17, 15) is 0 Å². The van der Waals surface area contributed by atoms with Gasteiger partial charge in [0, 0.05) is 12.6 Å². The van der Waals surface area contributed by atoms with Crippen LogP contribution in [0.25, 0.3) is 0 Å². The number of ether oxygens (including phenoxy) is 1. The van der Waals surface area contributed by atoms with E-state index in [-0.39, 0.29) is 5.60 Å². The zero-order valence-electron chi connectivity index (χ0n) is 11.8. The molecule has 1 N–H and O–H groups in total. The summed E-state index contributed by atoms with van der Waals surface area (Å²) in [7, 11) is 0. The maximum atomic E-state index is 6.05. The largest absolute Gasteiger partial charge is 0.367 e. The van der Waals surface area contributed by atoms with Gasteiger partial charge in [-0.3, -0.25) is 0 Å². The maximum absolute atomic E-state index is 6.05. The van der Waals surface area contributed by atoms with Crippen molar-refractivity contribution in [3.05, 3.63) is 5.82 Å². The molecule has 3 rings (SSSR count). The van der Waals surface area contributed by atoms with Crippen molar-refractivity contribution in [3.8, 4) is 0 Å². The van der Waals surface area contributed by atoms with Crippen LogP contribution >= 0.6 is 0 Å². The molecule has 0 aliphatic heterocycles. The Morgan fingerprint density at radius 1 is 1.42 bits per heavy atom. The molecule has 2 unspecified atom stereocenters. The topological polar surface area (TPSA) is 60.2 Å². The molecular formula is C14H23N3O2. The molecule has 19 heavy (non-hydrogen) atoms. The van der Waals surface area contributed by atoms with Gasteiger partial charge in [-0.2, -0.15) is 4.98 Å². The second kappa shape index (κ2) is 5.12. The van der Waals surface area contributed by atoms with Gasteiger partial charge in [0.05, 0.1) is 0 Å². The molecule has 2 aliphatic carbocycles. The monoisotopic (exact) mass is 265 g/mol. The number of rotatable bonds is 5. The van der Waals surface area contributed by atoms with Crippen molar-refractivity contribution in [2.45, 2.75) is 64.0 Å². The van der Waals surface area contributed by atoms with Gasteiger partial charge in [0.1, 0.15) is 5.60 Å². The Morgan fingerprint density at radius 3 is 2.95 bits per heavy atom. The standard InChI is InChI=1S/C14H23N3O2/c1-3-18-14(8-4-5-10(2)9-14)12-16-13(19-17-12)15-11-6-7-11/h10-11H,3-9H2,1-2H3,(H,15,16,17). The van der Waals surface area contributed by atoms with Gasteiger partial charge in [0.15, 0.2) is 0 Å². The predicted octanol–water partition coefficient (Wildman–Crippen LogP) is 3.09. The Kier molecular flexibility index (Phi) is 3.48. The van der Waals surface area contributed by atoms with Crippen LogP contribution in [0.5, 0.6) is 0 Å². The molecule has 2 aliphatic rings. The van der Waals surface area contributed by atoms with Gasteiger partial charge in [0.25, 0.3) is 0 Å². The normalized spacial score (nSPS) is 31.4. The summed E-state index contributed by atoms with van der Waals surface area (Å²) in [6.45, 7) is 4.99. The molecule has 1 aromatic rings. The van der Waals surface area contributed by atoms with Crippen LogP contribution < -0.4 is 5.32 Å². The third kappa shape index (κ3) is 2.76. The Morgan fingerprint density at radius 2 is 2.26 bits per heavy atom. The molecule has 0 bridgehead atoms. The van der Waals surface area contributed by atoms with Crippen LogP contribution in [-0.4, -0.2) is 22.8 Å². The zero-order valence-corrected chi connectivity index (χ0v) is 11.8. The fraction of sp³-hybridized carbons (Fsp3) is 0.857. The fourth-order valence-electron chi connectivity index (χ4n) is 3.05. The van der Waals surface area contributed by atoms with Gasteiger partial charge in [-0.1, -0.05) is 18.5 Å². The summed E-state index contributed by atoms with van der Waals surface area (Å²) in [4.78, 5) is 4.53. The molecule has 0 radical (unpaired) electrons. The van der Waals surface area contributed by atoms with Gasteiger partial charge >= 0.3 is 6.01 Å². The highest BCUT2D eigenvalue weighted by molar-refractivity contribution is 5.25. The van der Waals surface area contributed by atoms with Crippen LogP contribution in [-0.2, 0) is 10.3 Å². The number of aromatic nitrogens is 2. The Labute approximate surface area is 114 Å². The second-order valence-corrected chi connectivity index (χ2v) is 5.97. The van der Waals surface area contributed by atoms with E-state index in [2.05, 4.69) is 22.4 Å². The fourth-order valence-corrected chi connectivity index (χ4v) is 3.05. The van der Waals surface area contributed by atoms with Crippen LogP contribution in [0, 0.1) is 5.92 Å². The lowest BCUT2D eigenvalue weighted by molar-refractivity contribution is -0.0891. The van der Waals surface area contributed by atoms with Crippen molar-refractivity contribution < 1.29 is 9.26 Å². The minimum Gasteiger partial charge on any atom is -0.367 e. The summed E-state index contributed by atoms with van der Waals surface area (Å²) in [5, 5.41) is 7.42. The number of nitrogens with one attached hydrogen (secondary N) is 1. The molecule has 2 atom stereocenters. The van der Waals surface area contributed by atoms with E-state index < -0.39 is 0 Å². The predicted molar refractivity (Wildman–Crippen MR) is 71.9 cm³/mol. The van der Waals surface area contributed by atoms with E-state index in [1.165, 1.54) is 25.7 Å². The highest BCUT2D eigenvalue weighted by Gasteiger charge is 2.41. The zero-order chi connectivity index (χ0) is 13.3. The van der Waals surface area contributed by atoms with Crippen molar-refractivity contribution in [3.63, 3.8) is 0 Å². The summed E-state index contributed by atoms with van der Waals surface area (Å²) in [6.07, 6.45) is 6.81. The smallest absolute Gasteiger partial charge is 0.321 e. The van der Waals surface area contributed by atoms with Crippen molar-refractivity contribution in [2.24, 2.45) is 5.92 Å². The van der Waals surface area contributed by atoms with E-state index >= 15 is 0 Å². The molecule has 106 valence electrons. The van der Waals surface area contributed by atoms with Crippen molar-refractivity contribution >= 4 is 6.01 Å². The lowest BCUT2D eigenvalue weighted by atomic mass is 9.78.